The number of hydrogen-bond donors (Lipinski definition) is 1. The van der Waals surface area contributed by atoms with Crippen LogP contribution in [0.2, 0.25) is 0 Å². The monoisotopic (exact) mass is 274 g/mol. The van der Waals surface area contributed by atoms with Crippen molar-refractivity contribution < 1.29 is 14.4 Å². The lowest BCUT2D eigenvalue weighted by Crippen LogP contribution is -2.16. The summed E-state index contributed by atoms with van der Waals surface area (Å²) in [7, 11) is 0. The summed E-state index contributed by atoms with van der Waals surface area (Å²) in [5, 5.41) is 12.9. The SMILES string of the molecule is Cc1ccc(Cc2noc(C(C)C(C)C(=O)O)n2)cc1. The summed E-state index contributed by atoms with van der Waals surface area (Å²) in [6.07, 6.45) is 0.581. The van der Waals surface area contributed by atoms with E-state index < -0.39 is 11.9 Å². The van der Waals surface area contributed by atoms with Crippen LogP contribution in [-0.2, 0) is 11.2 Å². The molecule has 0 spiro atoms. The lowest BCUT2D eigenvalue weighted by atomic mass is 9.96. The van der Waals surface area contributed by atoms with Gasteiger partial charge in [0.1, 0.15) is 0 Å². The van der Waals surface area contributed by atoms with Crippen LogP contribution < -0.4 is 0 Å². The minimum absolute atomic E-state index is 0.299. The van der Waals surface area contributed by atoms with E-state index in [1.807, 2.05) is 31.2 Å². The summed E-state index contributed by atoms with van der Waals surface area (Å²) in [4.78, 5) is 15.2. The van der Waals surface area contributed by atoms with Crippen molar-refractivity contribution in [3.8, 4) is 0 Å². The number of aromatic nitrogens is 2. The van der Waals surface area contributed by atoms with Crippen molar-refractivity contribution in [1.82, 2.24) is 10.1 Å². The van der Waals surface area contributed by atoms with E-state index in [-0.39, 0.29) is 5.92 Å². The summed E-state index contributed by atoms with van der Waals surface area (Å²) in [5.41, 5.74) is 2.30. The highest BCUT2D eigenvalue weighted by Crippen LogP contribution is 2.23. The highest BCUT2D eigenvalue weighted by molar-refractivity contribution is 5.70. The molecule has 5 nitrogen and oxygen atoms in total. The van der Waals surface area contributed by atoms with Gasteiger partial charge in [-0.2, -0.15) is 4.98 Å². The number of carbonyl (C=O) groups is 1. The highest BCUT2D eigenvalue weighted by atomic mass is 16.5. The fraction of sp³-hybridized carbons (Fsp3) is 0.400. The lowest BCUT2D eigenvalue weighted by molar-refractivity contribution is -0.141. The molecule has 2 unspecified atom stereocenters. The van der Waals surface area contributed by atoms with E-state index in [9.17, 15) is 4.79 Å². The molecule has 5 heteroatoms. The van der Waals surface area contributed by atoms with Gasteiger partial charge in [-0.3, -0.25) is 4.79 Å². The molecule has 2 aromatic rings. The second-order valence-corrected chi connectivity index (χ2v) is 5.13. The van der Waals surface area contributed by atoms with E-state index in [2.05, 4.69) is 10.1 Å². The maximum absolute atomic E-state index is 11.0. The van der Waals surface area contributed by atoms with Gasteiger partial charge < -0.3 is 9.63 Å². The van der Waals surface area contributed by atoms with Gasteiger partial charge in [-0.1, -0.05) is 48.8 Å². The first-order chi connectivity index (χ1) is 9.47. The topological polar surface area (TPSA) is 76.2 Å². The van der Waals surface area contributed by atoms with Crippen LogP contribution in [0.5, 0.6) is 0 Å². The van der Waals surface area contributed by atoms with Gasteiger partial charge in [0, 0.05) is 12.3 Å². The molecule has 2 rings (SSSR count). The molecule has 1 N–H and O–H groups in total. The number of hydrogen-bond acceptors (Lipinski definition) is 4. The zero-order chi connectivity index (χ0) is 14.7. The van der Waals surface area contributed by atoms with Crippen molar-refractivity contribution >= 4 is 5.97 Å². The Morgan fingerprint density at radius 2 is 1.95 bits per heavy atom. The minimum Gasteiger partial charge on any atom is -0.481 e. The second-order valence-electron chi connectivity index (χ2n) is 5.13. The van der Waals surface area contributed by atoms with Crippen LogP contribution in [0.3, 0.4) is 0 Å². The first-order valence-electron chi connectivity index (χ1n) is 6.58. The molecule has 1 heterocycles. The summed E-state index contributed by atoms with van der Waals surface area (Å²) in [5.74, 6) is -0.763. The van der Waals surface area contributed by atoms with Crippen molar-refractivity contribution in [3.05, 3.63) is 47.1 Å². The third-order valence-corrected chi connectivity index (χ3v) is 3.50. The van der Waals surface area contributed by atoms with E-state index in [0.717, 1.165) is 5.56 Å². The van der Waals surface area contributed by atoms with Crippen LogP contribution in [-0.4, -0.2) is 21.2 Å². The molecule has 0 aliphatic carbocycles. The average molecular weight is 274 g/mol. The normalized spacial score (nSPS) is 13.9. The van der Waals surface area contributed by atoms with Crippen molar-refractivity contribution in [2.45, 2.75) is 33.1 Å². The molecule has 0 fully saturated rings. The third kappa shape index (κ3) is 3.23. The zero-order valence-corrected chi connectivity index (χ0v) is 11.8. The molecule has 0 aliphatic heterocycles. The smallest absolute Gasteiger partial charge is 0.307 e. The lowest BCUT2D eigenvalue weighted by Gasteiger charge is -2.10. The summed E-state index contributed by atoms with van der Waals surface area (Å²) in [6, 6.07) is 8.11. The van der Waals surface area contributed by atoms with Crippen LogP contribution in [0, 0.1) is 12.8 Å². The van der Waals surface area contributed by atoms with Crippen LogP contribution in [0.15, 0.2) is 28.8 Å². The molecule has 0 aliphatic rings. The van der Waals surface area contributed by atoms with Crippen LogP contribution >= 0.6 is 0 Å². The van der Waals surface area contributed by atoms with Gasteiger partial charge >= 0.3 is 5.97 Å². The number of aryl methyl sites for hydroxylation is 1. The first-order valence-corrected chi connectivity index (χ1v) is 6.58. The molecule has 0 saturated carbocycles. The van der Waals surface area contributed by atoms with E-state index in [4.69, 9.17) is 9.63 Å². The summed E-state index contributed by atoms with van der Waals surface area (Å²) in [6.45, 7) is 5.45. The Morgan fingerprint density at radius 1 is 1.30 bits per heavy atom. The molecule has 1 aromatic carbocycles. The predicted molar refractivity (Wildman–Crippen MR) is 73.5 cm³/mol. The number of carboxylic acids is 1. The van der Waals surface area contributed by atoms with Crippen molar-refractivity contribution in [1.29, 1.82) is 0 Å². The Bertz CT molecular complexity index is 589. The van der Waals surface area contributed by atoms with Crippen molar-refractivity contribution in [3.63, 3.8) is 0 Å². The maximum atomic E-state index is 11.0. The van der Waals surface area contributed by atoms with E-state index >= 15 is 0 Å². The Balaban J connectivity index is 2.09. The zero-order valence-electron chi connectivity index (χ0n) is 11.8. The Hall–Kier alpha value is -2.17. The molecule has 20 heavy (non-hydrogen) atoms. The first kappa shape index (κ1) is 14.2. The molecular weight excluding hydrogens is 256 g/mol. The van der Waals surface area contributed by atoms with Crippen molar-refractivity contribution in [2.24, 2.45) is 5.92 Å². The molecule has 1 aromatic heterocycles. The van der Waals surface area contributed by atoms with Crippen molar-refractivity contribution in [2.75, 3.05) is 0 Å². The van der Waals surface area contributed by atoms with Gasteiger partial charge in [0.15, 0.2) is 5.82 Å². The fourth-order valence-corrected chi connectivity index (χ4v) is 1.84. The largest absolute Gasteiger partial charge is 0.481 e. The van der Waals surface area contributed by atoms with Crippen LogP contribution in [0.1, 0.15) is 42.6 Å². The number of nitrogens with zero attached hydrogens (tertiary/aromatic N) is 2. The van der Waals surface area contributed by atoms with Gasteiger partial charge in [-0.15, -0.1) is 0 Å². The number of benzene rings is 1. The Labute approximate surface area is 117 Å². The van der Waals surface area contributed by atoms with E-state index in [1.165, 1.54) is 5.56 Å². The molecule has 0 radical (unpaired) electrons. The van der Waals surface area contributed by atoms with Gasteiger partial charge in [0.25, 0.3) is 0 Å². The molecule has 0 bridgehead atoms. The van der Waals surface area contributed by atoms with Crippen LogP contribution in [0.25, 0.3) is 0 Å². The highest BCUT2D eigenvalue weighted by Gasteiger charge is 2.25. The van der Waals surface area contributed by atoms with E-state index in [0.29, 0.717) is 18.1 Å². The molecule has 0 amide bonds. The van der Waals surface area contributed by atoms with Crippen LogP contribution in [0.4, 0.5) is 0 Å². The van der Waals surface area contributed by atoms with Gasteiger partial charge in [0.2, 0.25) is 5.89 Å². The standard InChI is InChI=1S/C15H18N2O3/c1-9-4-6-12(7-5-9)8-13-16-14(20-17-13)10(2)11(3)15(18)19/h4-7,10-11H,8H2,1-3H3,(H,18,19). The van der Waals surface area contributed by atoms with Gasteiger partial charge in [0.05, 0.1) is 5.92 Å². The third-order valence-electron chi connectivity index (χ3n) is 3.50. The average Bonchev–Trinajstić information content (AvgIpc) is 2.88. The van der Waals surface area contributed by atoms with Gasteiger partial charge in [-0.25, -0.2) is 0 Å². The number of aliphatic carboxylic acids is 1. The quantitative estimate of drug-likeness (QED) is 0.907. The molecule has 0 saturated heterocycles. The minimum atomic E-state index is -0.865. The number of carboxylic acid groups (broad SMARTS) is 1. The Kier molecular flexibility index (Phi) is 4.17. The predicted octanol–water partition coefficient (Wildman–Crippen LogP) is 2.79. The number of rotatable bonds is 5. The molecule has 106 valence electrons. The second kappa shape index (κ2) is 5.86. The fourth-order valence-electron chi connectivity index (χ4n) is 1.84. The molecular formula is C15H18N2O3. The maximum Gasteiger partial charge on any atom is 0.307 e. The summed E-state index contributed by atoms with van der Waals surface area (Å²) < 4.78 is 5.17. The van der Waals surface area contributed by atoms with Gasteiger partial charge in [-0.05, 0) is 12.5 Å². The Morgan fingerprint density at radius 3 is 2.55 bits per heavy atom. The van der Waals surface area contributed by atoms with E-state index in [1.54, 1.807) is 13.8 Å². The molecule has 2 atom stereocenters. The summed E-state index contributed by atoms with van der Waals surface area (Å²) >= 11 is 0.